The normalized spacial score (nSPS) is 14.6. The fourth-order valence-corrected chi connectivity index (χ4v) is 6.57. The van der Waals surface area contributed by atoms with Gasteiger partial charge in [-0.2, -0.15) is 0 Å². The van der Waals surface area contributed by atoms with Crippen LogP contribution in [0.3, 0.4) is 0 Å². The summed E-state index contributed by atoms with van der Waals surface area (Å²) < 4.78 is 0. The average Bonchev–Trinajstić information content (AvgIpc) is 3.03. The van der Waals surface area contributed by atoms with E-state index in [1.54, 1.807) is 0 Å². The van der Waals surface area contributed by atoms with E-state index >= 15 is 0 Å². The lowest BCUT2D eigenvalue weighted by molar-refractivity contribution is -0.131. The lowest BCUT2D eigenvalue weighted by Crippen LogP contribution is -2.45. The third-order valence-electron chi connectivity index (χ3n) is 10.1. The highest BCUT2D eigenvalue weighted by Crippen LogP contribution is 2.24. The van der Waals surface area contributed by atoms with E-state index in [-0.39, 0.29) is 11.9 Å². The number of aliphatic hydroxyl groups excluding tert-OH is 1. The van der Waals surface area contributed by atoms with E-state index < -0.39 is 6.10 Å². The van der Waals surface area contributed by atoms with E-state index in [0.717, 1.165) is 19.3 Å². The smallest absolute Gasteiger partial charge is 0.249 e. The molecule has 0 bridgehead atoms. The second-order valence-corrected chi connectivity index (χ2v) is 14.3. The highest BCUT2D eigenvalue weighted by Gasteiger charge is 2.25. The van der Waals surface area contributed by atoms with Gasteiger partial charge in [-0.05, 0) is 50.4 Å². The third kappa shape index (κ3) is 27.5. The molecular weight excluding hydrogens is 538 g/mol. The minimum absolute atomic E-state index is 0.156. The molecule has 0 aromatic carbocycles. The van der Waals surface area contributed by atoms with Crippen LogP contribution in [0.2, 0.25) is 0 Å². The van der Waals surface area contributed by atoms with Crippen molar-refractivity contribution in [3.05, 3.63) is 12.2 Å². The summed E-state index contributed by atoms with van der Waals surface area (Å²) in [6.07, 6.45) is 41.2. The Kier molecular flexibility index (Phi) is 32.9. The largest absolute Gasteiger partial charge is 0.383 e. The summed E-state index contributed by atoms with van der Waals surface area (Å²) in [5.41, 5.74) is 0. The van der Waals surface area contributed by atoms with Crippen LogP contribution in [-0.4, -0.2) is 23.2 Å². The van der Waals surface area contributed by atoms with Gasteiger partial charge in [0.15, 0.2) is 0 Å². The van der Waals surface area contributed by atoms with Gasteiger partial charge in [0.1, 0.15) is 6.10 Å². The highest BCUT2D eigenvalue weighted by molar-refractivity contribution is 5.80. The van der Waals surface area contributed by atoms with Gasteiger partial charge >= 0.3 is 0 Å². The second kappa shape index (κ2) is 33.5. The number of nitrogens with one attached hydrogen (secondary N) is 1. The number of carbonyl (C=O) groups is 1. The Morgan fingerprint density at radius 2 is 0.909 bits per heavy atom. The summed E-state index contributed by atoms with van der Waals surface area (Å²) in [5, 5.41) is 13.7. The average molecular weight is 620 g/mol. The molecule has 0 radical (unpaired) electrons. The predicted molar refractivity (Wildman–Crippen MR) is 196 cm³/mol. The molecule has 0 rings (SSSR count). The fourth-order valence-electron chi connectivity index (χ4n) is 6.57. The first-order chi connectivity index (χ1) is 21.5. The quantitative estimate of drug-likeness (QED) is 0.0556. The van der Waals surface area contributed by atoms with Crippen LogP contribution in [0.4, 0.5) is 0 Å². The fraction of sp³-hybridized carbons (Fsp3) is 0.927. The summed E-state index contributed by atoms with van der Waals surface area (Å²) in [5.74, 6) is 0.868. The van der Waals surface area contributed by atoms with Crippen LogP contribution < -0.4 is 5.32 Å². The molecule has 0 aromatic rings. The van der Waals surface area contributed by atoms with Crippen LogP contribution in [0.5, 0.6) is 0 Å². The van der Waals surface area contributed by atoms with E-state index in [1.165, 1.54) is 161 Å². The van der Waals surface area contributed by atoms with Crippen molar-refractivity contribution < 1.29 is 9.90 Å². The summed E-state index contributed by atoms with van der Waals surface area (Å²) >= 11 is 0. The van der Waals surface area contributed by atoms with Crippen molar-refractivity contribution in [2.24, 2.45) is 11.8 Å². The molecule has 0 aliphatic heterocycles. The summed E-state index contributed by atoms with van der Waals surface area (Å²) in [7, 11) is 0. The van der Waals surface area contributed by atoms with E-state index in [4.69, 9.17) is 0 Å². The number of rotatable bonds is 34. The molecule has 44 heavy (non-hydrogen) atoms. The molecule has 2 N–H and O–H groups in total. The molecule has 3 nitrogen and oxygen atoms in total. The standard InChI is InChI=1S/C41H81NO2/c1-6-9-11-13-15-17-19-21-22-23-24-25-27-29-31-33-35-37(4)38(5)39(8-3)42-41(44)40(43)36-34-32-30-28-26-20-18-16-14-12-10-7-2/h21-22,37-40,43H,6-20,23-36H2,1-5H3,(H,42,44)/b22-21-/t37-,38+,39+,40-/m1/s1. The monoisotopic (exact) mass is 620 g/mol. The zero-order chi connectivity index (χ0) is 32.5. The summed E-state index contributed by atoms with van der Waals surface area (Å²) in [6, 6.07) is 0.156. The van der Waals surface area contributed by atoms with Crippen molar-refractivity contribution in [1.82, 2.24) is 5.32 Å². The van der Waals surface area contributed by atoms with Gasteiger partial charge in [-0.3, -0.25) is 4.79 Å². The maximum Gasteiger partial charge on any atom is 0.249 e. The molecule has 0 heterocycles. The van der Waals surface area contributed by atoms with E-state index in [2.05, 4.69) is 52.1 Å². The lowest BCUT2D eigenvalue weighted by Gasteiger charge is -2.30. The third-order valence-corrected chi connectivity index (χ3v) is 10.1. The zero-order valence-corrected chi connectivity index (χ0v) is 30.8. The maximum absolute atomic E-state index is 12.7. The van der Waals surface area contributed by atoms with Gasteiger partial charge in [0.05, 0.1) is 0 Å². The number of unbranched alkanes of at least 4 members (excludes halogenated alkanes) is 23. The van der Waals surface area contributed by atoms with Crippen molar-refractivity contribution in [3.8, 4) is 0 Å². The Hall–Kier alpha value is -0.830. The number of hydrogen-bond acceptors (Lipinski definition) is 2. The summed E-state index contributed by atoms with van der Waals surface area (Å²) in [4.78, 5) is 12.7. The molecule has 0 unspecified atom stereocenters. The van der Waals surface area contributed by atoms with Gasteiger partial charge in [-0.15, -0.1) is 0 Å². The Labute approximate surface area is 277 Å². The van der Waals surface area contributed by atoms with E-state index in [9.17, 15) is 9.90 Å². The number of aliphatic hydroxyl groups is 1. The van der Waals surface area contributed by atoms with Gasteiger partial charge in [0.25, 0.3) is 0 Å². The Bertz CT molecular complexity index is 618. The molecule has 262 valence electrons. The highest BCUT2D eigenvalue weighted by atomic mass is 16.3. The molecule has 0 aromatic heterocycles. The molecule has 0 aliphatic carbocycles. The van der Waals surface area contributed by atoms with Gasteiger partial charge in [0.2, 0.25) is 5.91 Å². The Morgan fingerprint density at radius 3 is 1.32 bits per heavy atom. The molecule has 0 saturated carbocycles. The minimum Gasteiger partial charge on any atom is -0.383 e. The molecule has 4 atom stereocenters. The first kappa shape index (κ1) is 43.2. The Morgan fingerprint density at radius 1 is 0.545 bits per heavy atom. The van der Waals surface area contributed by atoms with Crippen molar-refractivity contribution in [2.45, 2.75) is 233 Å². The topological polar surface area (TPSA) is 49.3 Å². The number of carbonyl (C=O) groups excluding carboxylic acids is 1. The van der Waals surface area contributed by atoms with Gasteiger partial charge < -0.3 is 10.4 Å². The van der Waals surface area contributed by atoms with Crippen molar-refractivity contribution in [1.29, 1.82) is 0 Å². The van der Waals surface area contributed by atoms with Crippen molar-refractivity contribution >= 4 is 5.91 Å². The predicted octanol–water partition coefficient (Wildman–Crippen LogP) is 13.0. The van der Waals surface area contributed by atoms with Crippen LogP contribution >= 0.6 is 0 Å². The van der Waals surface area contributed by atoms with Crippen LogP contribution in [-0.2, 0) is 4.79 Å². The first-order valence-electron chi connectivity index (χ1n) is 20.1. The van der Waals surface area contributed by atoms with Gasteiger partial charge in [-0.25, -0.2) is 0 Å². The number of hydrogen-bond donors (Lipinski definition) is 2. The second-order valence-electron chi connectivity index (χ2n) is 14.3. The first-order valence-corrected chi connectivity index (χ1v) is 20.1. The zero-order valence-electron chi connectivity index (χ0n) is 30.8. The summed E-state index contributed by atoms with van der Waals surface area (Å²) in [6.45, 7) is 11.4. The molecule has 0 fully saturated rings. The van der Waals surface area contributed by atoms with Crippen molar-refractivity contribution in [2.75, 3.05) is 0 Å². The van der Waals surface area contributed by atoms with Crippen LogP contribution in [0.25, 0.3) is 0 Å². The SMILES string of the molecule is CCCCCCCC/C=C\CCCCCCCC[C@@H](C)[C@H](C)[C@H](CC)NC(=O)[C@H](O)CCCCCCCCCCCCCC. The molecule has 3 heteroatoms. The molecule has 0 saturated heterocycles. The molecule has 0 spiro atoms. The number of amides is 1. The molecule has 1 amide bonds. The van der Waals surface area contributed by atoms with Crippen LogP contribution in [0.1, 0.15) is 221 Å². The van der Waals surface area contributed by atoms with Gasteiger partial charge in [0, 0.05) is 6.04 Å². The number of allylic oxidation sites excluding steroid dienone is 2. The minimum atomic E-state index is -0.856. The van der Waals surface area contributed by atoms with E-state index in [1.807, 2.05) is 0 Å². The lowest BCUT2D eigenvalue weighted by atomic mass is 9.84. The van der Waals surface area contributed by atoms with E-state index in [0.29, 0.717) is 18.3 Å². The molecule has 0 aliphatic rings. The van der Waals surface area contributed by atoms with Crippen LogP contribution in [0, 0.1) is 11.8 Å². The molecular formula is C41H81NO2. The Balaban J connectivity index is 3.81. The van der Waals surface area contributed by atoms with Crippen LogP contribution in [0.15, 0.2) is 12.2 Å². The maximum atomic E-state index is 12.7. The van der Waals surface area contributed by atoms with Crippen molar-refractivity contribution in [3.63, 3.8) is 0 Å². The van der Waals surface area contributed by atoms with Gasteiger partial charge in [-0.1, -0.05) is 194 Å².